The van der Waals surface area contributed by atoms with E-state index >= 15 is 0 Å². The zero-order valence-electron chi connectivity index (χ0n) is 10.3. The molecule has 1 aliphatic carbocycles. The molecule has 1 saturated carbocycles. The van der Waals surface area contributed by atoms with Crippen molar-refractivity contribution in [1.82, 2.24) is 10.3 Å². The molecule has 0 atom stereocenters. The minimum atomic E-state index is 0.0291. The normalized spacial score (nSPS) is 14.4. The maximum absolute atomic E-state index is 11.6. The second-order valence-corrected chi connectivity index (χ2v) is 5.15. The third kappa shape index (κ3) is 2.96. The van der Waals surface area contributed by atoms with E-state index < -0.39 is 0 Å². The van der Waals surface area contributed by atoms with E-state index in [-0.39, 0.29) is 12.5 Å². The first kappa shape index (κ1) is 12.2. The molecule has 2 aromatic rings. The molecule has 0 unspecified atom stereocenters. The fraction of sp³-hybridized carbons (Fsp3) is 0.286. The molecule has 0 bridgehead atoms. The van der Waals surface area contributed by atoms with Gasteiger partial charge in [0.15, 0.2) is 0 Å². The summed E-state index contributed by atoms with van der Waals surface area (Å²) in [5, 5.41) is 7.71. The molecular formula is C14H14ClN3O. The van der Waals surface area contributed by atoms with E-state index in [4.69, 9.17) is 11.6 Å². The number of halogens is 1. The van der Waals surface area contributed by atoms with Crippen molar-refractivity contribution in [3.05, 3.63) is 35.5 Å². The zero-order valence-corrected chi connectivity index (χ0v) is 11.1. The van der Waals surface area contributed by atoms with Crippen LogP contribution in [0.5, 0.6) is 0 Å². The number of fused-ring (bicyclic) bond motifs is 1. The van der Waals surface area contributed by atoms with Gasteiger partial charge in [0, 0.05) is 28.3 Å². The summed E-state index contributed by atoms with van der Waals surface area (Å²) in [4.78, 5) is 15.9. The molecule has 1 aliphatic rings. The Bertz CT molecular complexity index is 625. The highest BCUT2D eigenvalue weighted by Gasteiger charge is 2.22. The lowest BCUT2D eigenvalue weighted by atomic mass is 10.2. The summed E-state index contributed by atoms with van der Waals surface area (Å²) in [5.74, 6) is 0.0291. The molecule has 2 N–H and O–H groups in total. The molecule has 1 aromatic heterocycles. The van der Waals surface area contributed by atoms with Gasteiger partial charge in [-0.15, -0.1) is 0 Å². The Balaban J connectivity index is 1.74. The molecule has 5 heteroatoms. The number of amides is 1. The molecule has 4 nitrogen and oxygen atoms in total. The van der Waals surface area contributed by atoms with E-state index in [1.807, 2.05) is 24.3 Å². The van der Waals surface area contributed by atoms with Gasteiger partial charge in [-0.3, -0.25) is 9.78 Å². The van der Waals surface area contributed by atoms with Crippen LogP contribution in [0.15, 0.2) is 30.5 Å². The summed E-state index contributed by atoms with van der Waals surface area (Å²) in [7, 11) is 0. The van der Waals surface area contributed by atoms with Crippen LogP contribution in [0.1, 0.15) is 12.8 Å². The first-order chi connectivity index (χ1) is 9.22. The van der Waals surface area contributed by atoms with Crippen molar-refractivity contribution in [3.8, 4) is 0 Å². The molecule has 1 fully saturated rings. The summed E-state index contributed by atoms with van der Waals surface area (Å²) in [5.41, 5.74) is 1.72. The number of rotatable bonds is 4. The number of pyridine rings is 1. The van der Waals surface area contributed by atoms with Gasteiger partial charge < -0.3 is 10.6 Å². The molecule has 0 radical (unpaired) electrons. The van der Waals surface area contributed by atoms with Crippen molar-refractivity contribution in [2.45, 2.75) is 18.9 Å². The van der Waals surface area contributed by atoms with E-state index in [1.165, 1.54) is 0 Å². The number of carbonyl (C=O) groups excluding carboxylic acids is 1. The Morgan fingerprint density at radius 2 is 2.21 bits per heavy atom. The molecule has 1 amide bonds. The zero-order chi connectivity index (χ0) is 13.2. The Labute approximate surface area is 116 Å². The van der Waals surface area contributed by atoms with Gasteiger partial charge >= 0.3 is 0 Å². The van der Waals surface area contributed by atoms with Crippen molar-refractivity contribution in [2.75, 3.05) is 11.9 Å². The molecule has 1 heterocycles. The van der Waals surface area contributed by atoms with E-state index in [0.29, 0.717) is 11.1 Å². The predicted octanol–water partition coefficient (Wildman–Crippen LogP) is 2.58. The number of carbonyl (C=O) groups is 1. The number of anilines is 1. The van der Waals surface area contributed by atoms with Crippen LogP contribution in [-0.2, 0) is 4.79 Å². The van der Waals surface area contributed by atoms with Crippen LogP contribution >= 0.6 is 11.6 Å². The molecule has 0 saturated heterocycles. The Morgan fingerprint density at radius 3 is 3.00 bits per heavy atom. The van der Waals surface area contributed by atoms with Gasteiger partial charge in [0.25, 0.3) is 0 Å². The highest BCUT2D eigenvalue weighted by atomic mass is 35.5. The fourth-order valence-corrected chi connectivity index (χ4v) is 2.12. The number of aromatic nitrogens is 1. The van der Waals surface area contributed by atoms with Gasteiger partial charge in [-0.05, 0) is 37.1 Å². The first-order valence-electron chi connectivity index (χ1n) is 6.30. The minimum absolute atomic E-state index is 0.0291. The van der Waals surface area contributed by atoms with Crippen LogP contribution in [0, 0.1) is 0 Å². The monoisotopic (exact) mass is 275 g/mol. The van der Waals surface area contributed by atoms with E-state index in [2.05, 4.69) is 15.6 Å². The number of hydrogen-bond acceptors (Lipinski definition) is 3. The maximum Gasteiger partial charge on any atom is 0.239 e. The lowest BCUT2D eigenvalue weighted by Crippen LogP contribution is -2.31. The SMILES string of the molecule is O=C(CNc1ccnc2cc(Cl)ccc12)NC1CC1. The van der Waals surface area contributed by atoms with E-state index in [0.717, 1.165) is 29.4 Å². The number of nitrogens with one attached hydrogen (secondary N) is 2. The minimum Gasteiger partial charge on any atom is -0.376 e. The molecular weight excluding hydrogens is 262 g/mol. The quantitative estimate of drug-likeness (QED) is 0.902. The van der Waals surface area contributed by atoms with Crippen molar-refractivity contribution in [1.29, 1.82) is 0 Å². The summed E-state index contributed by atoms with van der Waals surface area (Å²) in [6, 6.07) is 7.79. The molecule has 19 heavy (non-hydrogen) atoms. The van der Waals surface area contributed by atoms with Gasteiger partial charge in [0.2, 0.25) is 5.91 Å². The van der Waals surface area contributed by atoms with Gasteiger partial charge in [-0.2, -0.15) is 0 Å². The predicted molar refractivity (Wildman–Crippen MR) is 76.4 cm³/mol. The molecule has 3 rings (SSSR count). The van der Waals surface area contributed by atoms with Crippen LogP contribution in [0.2, 0.25) is 5.02 Å². The highest BCUT2D eigenvalue weighted by Crippen LogP contribution is 2.24. The average Bonchev–Trinajstić information content (AvgIpc) is 3.19. The van der Waals surface area contributed by atoms with Crippen molar-refractivity contribution in [2.24, 2.45) is 0 Å². The third-order valence-corrected chi connectivity index (χ3v) is 3.32. The van der Waals surface area contributed by atoms with Gasteiger partial charge in [0.05, 0.1) is 12.1 Å². The van der Waals surface area contributed by atoms with E-state index in [9.17, 15) is 4.79 Å². The Hall–Kier alpha value is -1.81. The van der Waals surface area contributed by atoms with Crippen LogP contribution in [0.3, 0.4) is 0 Å². The third-order valence-electron chi connectivity index (χ3n) is 3.09. The van der Waals surface area contributed by atoms with Crippen molar-refractivity contribution >= 4 is 34.1 Å². The Kier molecular flexibility index (Phi) is 3.25. The lowest BCUT2D eigenvalue weighted by Gasteiger charge is -2.09. The lowest BCUT2D eigenvalue weighted by molar-refractivity contribution is -0.119. The number of nitrogens with zero attached hydrogens (tertiary/aromatic N) is 1. The highest BCUT2D eigenvalue weighted by molar-refractivity contribution is 6.31. The van der Waals surface area contributed by atoms with Gasteiger partial charge in [-0.25, -0.2) is 0 Å². The van der Waals surface area contributed by atoms with Crippen LogP contribution in [0.25, 0.3) is 10.9 Å². The fourth-order valence-electron chi connectivity index (χ4n) is 1.96. The number of hydrogen-bond donors (Lipinski definition) is 2. The summed E-state index contributed by atoms with van der Waals surface area (Å²) < 4.78 is 0. The number of benzene rings is 1. The largest absolute Gasteiger partial charge is 0.376 e. The average molecular weight is 276 g/mol. The first-order valence-corrected chi connectivity index (χ1v) is 6.68. The molecule has 0 spiro atoms. The smallest absolute Gasteiger partial charge is 0.239 e. The van der Waals surface area contributed by atoms with Crippen LogP contribution < -0.4 is 10.6 Å². The molecule has 1 aromatic carbocycles. The second-order valence-electron chi connectivity index (χ2n) is 4.72. The Morgan fingerprint density at radius 1 is 1.37 bits per heavy atom. The van der Waals surface area contributed by atoms with Gasteiger partial charge in [0.1, 0.15) is 0 Å². The van der Waals surface area contributed by atoms with E-state index in [1.54, 1.807) is 6.20 Å². The maximum atomic E-state index is 11.6. The summed E-state index contributed by atoms with van der Waals surface area (Å²) in [6.07, 6.45) is 3.91. The molecule has 0 aliphatic heterocycles. The topological polar surface area (TPSA) is 54.0 Å². The van der Waals surface area contributed by atoms with Crippen LogP contribution in [0.4, 0.5) is 5.69 Å². The van der Waals surface area contributed by atoms with Crippen molar-refractivity contribution in [3.63, 3.8) is 0 Å². The summed E-state index contributed by atoms with van der Waals surface area (Å²) >= 11 is 5.94. The molecule has 98 valence electrons. The second kappa shape index (κ2) is 5.05. The van der Waals surface area contributed by atoms with Crippen molar-refractivity contribution < 1.29 is 4.79 Å². The summed E-state index contributed by atoms with van der Waals surface area (Å²) in [6.45, 7) is 0.276. The van der Waals surface area contributed by atoms with Gasteiger partial charge in [-0.1, -0.05) is 11.6 Å². The van der Waals surface area contributed by atoms with Crippen LogP contribution in [-0.4, -0.2) is 23.5 Å². The standard InChI is InChI=1S/C14H14ClN3O/c15-9-1-4-11-12(5-6-16-13(11)7-9)17-8-14(19)18-10-2-3-10/h1,4-7,10H,2-3,8H2,(H,16,17)(H,18,19).